The number of hydrogen-bond donors (Lipinski definition) is 1. The number of halogens is 2. The van der Waals surface area contributed by atoms with Crippen LogP contribution in [-0.4, -0.2) is 11.1 Å². The lowest BCUT2D eigenvalue weighted by molar-refractivity contribution is 0.0693. The Bertz CT molecular complexity index is 723. The van der Waals surface area contributed by atoms with Crippen LogP contribution in [0.5, 0.6) is 11.5 Å². The van der Waals surface area contributed by atoms with Crippen molar-refractivity contribution in [3.8, 4) is 17.6 Å². The highest BCUT2D eigenvalue weighted by Gasteiger charge is 2.18. The Morgan fingerprint density at radius 3 is 2.45 bits per heavy atom. The van der Waals surface area contributed by atoms with E-state index in [0.717, 1.165) is 18.2 Å². The van der Waals surface area contributed by atoms with E-state index in [4.69, 9.17) is 15.1 Å². The number of benzene rings is 2. The molecule has 1 N–H and O–H groups in total. The molecule has 2 rings (SSSR count). The molecule has 0 saturated heterocycles. The SMILES string of the molecule is N#Cc1c(F)cccc1Oc1c(F)cccc1C(=O)O. The van der Waals surface area contributed by atoms with Crippen molar-refractivity contribution in [3.63, 3.8) is 0 Å². The van der Waals surface area contributed by atoms with Gasteiger partial charge in [-0.2, -0.15) is 5.26 Å². The smallest absolute Gasteiger partial charge is 0.339 e. The van der Waals surface area contributed by atoms with E-state index in [1.807, 2.05) is 0 Å². The van der Waals surface area contributed by atoms with E-state index >= 15 is 0 Å². The zero-order valence-electron chi connectivity index (χ0n) is 9.93. The largest absolute Gasteiger partial charge is 0.478 e. The van der Waals surface area contributed by atoms with E-state index in [0.29, 0.717) is 0 Å². The molecule has 6 heteroatoms. The van der Waals surface area contributed by atoms with Crippen molar-refractivity contribution >= 4 is 5.97 Å². The highest BCUT2D eigenvalue weighted by atomic mass is 19.1. The number of nitriles is 1. The maximum Gasteiger partial charge on any atom is 0.339 e. The van der Waals surface area contributed by atoms with Crippen molar-refractivity contribution < 1.29 is 23.4 Å². The molecular weight excluding hydrogens is 268 g/mol. The van der Waals surface area contributed by atoms with E-state index in [1.165, 1.54) is 18.2 Å². The summed E-state index contributed by atoms with van der Waals surface area (Å²) in [6.45, 7) is 0. The van der Waals surface area contributed by atoms with Crippen LogP contribution in [0, 0.1) is 23.0 Å². The number of carboxylic acids is 1. The van der Waals surface area contributed by atoms with Gasteiger partial charge in [-0.3, -0.25) is 0 Å². The average Bonchev–Trinajstić information content (AvgIpc) is 2.41. The van der Waals surface area contributed by atoms with Gasteiger partial charge in [-0.1, -0.05) is 12.1 Å². The highest BCUT2D eigenvalue weighted by molar-refractivity contribution is 5.91. The van der Waals surface area contributed by atoms with Crippen LogP contribution in [0.3, 0.4) is 0 Å². The molecule has 0 radical (unpaired) electrons. The van der Waals surface area contributed by atoms with Crippen molar-refractivity contribution in [1.82, 2.24) is 0 Å². The molecule has 0 saturated carbocycles. The van der Waals surface area contributed by atoms with Gasteiger partial charge in [-0.25, -0.2) is 13.6 Å². The average molecular weight is 275 g/mol. The van der Waals surface area contributed by atoms with Gasteiger partial charge in [0.05, 0.1) is 0 Å². The minimum absolute atomic E-state index is 0.250. The first-order valence-corrected chi connectivity index (χ1v) is 5.43. The molecule has 0 heterocycles. The number of ether oxygens (including phenoxy) is 1. The lowest BCUT2D eigenvalue weighted by atomic mass is 10.1. The first kappa shape index (κ1) is 13.5. The van der Waals surface area contributed by atoms with Crippen molar-refractivity contribution in [2.45, 2.75) is 0 Å². The van der Waals surface area contributed by atoms with Crippen molar-refractivity contribution in [2.75, 3.05) is 0 Å². The molecule has 0 aliphatic carbocycles. The second-order valence-corrected chi connectivity index (χ2v) is 3.75. The standard InChI is InChI=1S/C14H7F2NO3/c15-10-4-2-6-12(9(10)7-17)20-13-8(14(18)19)3-1-5-11(13)16/h1-6H,(H,18,19). The lowest BCUT2D eigenvalue weighted by Crippen LogP contribution is -2.03. The summed E-state index contributed by atoms with van der Waals surface area (Å²) in [5.74, 6) is -3.96. The number of aromatic carboxylic acids is 1. The summed E-state index contributed by atoms with van der Waals surface area (Å²) < 4.78 is 32.2. The van der Waals surface area contributed by atoms with Gasteiger partial charge < -0.3 is 9.84 Å². The maximum atomic E-state index is 13.7. The third-order valence-corrected chi connectivity index (χ3v) is 2.50. The summed E-state index contributed by atoms with van der Waals surface area (Å²) >= 11 is 0. The lowest BCUT2D eigenvalue weighted by Gasteiger charge is -2.11. The van der Waals surface area contributed by atoms with Gasteiger partial charge in [-0.15, -0.1) is 0 Å². The molecule has 0 unspecified atom stereocenters. The second kappa shape index (κ2) is 5.36. The van der Waals surface area contributed by atoms with Gasteiger partial charge in [0, 0.05) is 0 Å². The highest BCUT2D eigenvalue weighted by Crippen LogP contribution is 2.31. The van der Waals surface area contributed by atoms with Crippen molar-refractivity contribution in [3.05, 3.63) is 59.2 Å². The maximum absolute atomic E-state index is 13.7. The fraction of sp³-hybridized carbons (Fsp3) is 0. The molecule has 0 atom stereocenters. The molecule has 0 amide bonds. The van der Waals surface area contributed by atoms with Gasteiger partial charge in [0.2, 0.25) is 0 Å². The summed E-state index contributed by atoms with van der Waals surface area (Å²) in [6.07, 6.45) is 0. The zero-order valence-corrected chi connectivity index (χ0v) is 9.93. The summed E-state index contributed by atoms with van der Waals surface area (Å²) in [7, 11) is 0. The van der Waals surface area contributed by atoms with E-state index < -0.39 is 34.5 Å². The van der Waals surface area contributed by atoms with E-state index in [2.05, 4.69) is 0 Å². The number of hydrogen-bond acceptors (Lipinski definition) is 3. The van der Waals surface area contributed by atoms with Crippen LogP contribution in [0.4, 0.5) is 8.78 Å². The van der Waals surface area contributed by atoms with Gasteiger partial charge in [0.25, 0.3) is 0 Å². The van der Waals surface area contributed by atoms with Gasteiger partial charge in [0.15, 0.2) is 11.6 Å². The molecule has 0 fully saturated rings. The van der Waals surface area contributed by atoms with E-state index in [9.17, 15) is 13.6 Å². The Labute approximate surface area is 112 Å². The minimum Gasteiger partial charge on any atom is -0.478 e. The Balaban J connectivity index is 2.54. The third-order valence-electron chi connectivity index (χ3n) is 2.50. The number of rotatable bonds is 3. The van der Waals surface area contributed by atoms with E-state index in [-0.39, 0.29) is 5.75 Å². The predicted octanol–water partition coefficient (Wildman–Crippen LogP) is 3.33. The number of nitrogens with zero attached hydrogens (tertiary/aromatic N) is 1. The minimum atomic E-state index is -1.39. The molecule has 100 valence electrons. The first-order chi connectivity index (χ1) is 9.54. The van der Waals surface area contributed by atoms with Crippen LogP contribution in [0.15, 0.2) is 36.4 Å². The normalized spacial score (nSPS) is 9.85. The number of carboxylic acid groups (broad SMARTS) is 1. The zero-order chi connectivity index (χ0) is 14.7. The number of carbonyl (C=O) groups is 1. The summed E-state index contributed by atoms with van der Waals surface area (Å²) in [6, 6.07) is 8.51. The molecule has 20 heavy (non-hydrogen) atoms. The van der Waals surface area contributed by atoms with Crippen molar-refractivity contribution in [1.29, 1.82) is 5.26 Å². The topological polar surface area (TPSA) is 70.3 Å². The molecule has 2 aromatic rings. The number of para-hydroxylation sites is 1. The van der Waals surface area contributed by atoms with Gasteiger partial charge in [-0.05, 0) is 24.3 Å². The fourth-order valence-electron chi connectivity index (χ4n) is 1.59. The second-order valence-electron chi connectivity index (χ2n) is 3.75. The summed E-state index contributed by atoms with van der Waals surface area (Å²) in [5, 5.41) is 17.8. The summed E-state index contributed by atoms with van der Waals surface area (Å²) in [4.78, 5) is 11.0. The van der Waals surface area contributed by atoms with Crippen LogP contribution >= 0.6 is 0 Å². The van der Waals surface area contributed by atoms with Crippen LogP contribution < -0.4 is 4.74 Å². The molecule has 0 aromatic heterocycles. The Hall–Kier alpha value is -2.94. The molecule has 0 spiro atoms. The van der Waals surface area contributed by atoms with Crippen LogP contribution in [0.2, 0.25) is 0 Å². The quantitative estimate of drug-likeness (QED) is 0.932. The molecule has 4 nitrogen and oxygen atoms in total. The van der Waals surface area contributed by atoms with Gasteiger partial charge >= 0.3 is 5.97 Å². The van der Waals surface area contributed by atoms with Crippen LogP contribution in [-0.2, 0) is 0 Å². The van der Waals surface area contributed by atoms with E-state index in [1.54, 1.807) is 6.07 Å². The monoisotopic (exact) mass is 275 g/mol. The Morgan fingerprint density at radius 1 is 1.15 bits per heavy atom. The molecule has 2 aromatic carbocycles. The molecular formula is C14H7F2NO3. The molecule has 0 bridgehead atoms. The van der Waals surface area contributed by atoms with Crippen LogP contribution in [0.1, 0.15) is 15.9 Å². The van der Waals surface area contributed by atoms with Crippen molar-refractivity contribution in [2.24, 2.45) is 0 Å². The predicted molar refractivity (Wildman–Crippen MR) is 64.5 cm³/mol. The Kier molecular flexibility index (Phi) is 3.62. The summed E-state index contributed by atoms with van der Waals surface area (Å²) in [5.41, 5.74) is -0.842. The molecule has 0 aliphatic rings. The van der Waals surface area contributed by atoms with Gasteiger partial charge in [0.1, 0.15) is 28.8 Å². The first-order valence-electron chi connectivity index (χ1n) is 5.43. The van der Waals surface area contributed by atoms with Crippen LogP contribution in [0.25, 0.3) is 0 Å². The fourth-order valence-corrected chi connectivity index (χ4v) is 1.59. The molecule has 0 aliphatic heterocycles. The Morgan fingerprint density at radius 2 is 1.80 bits per heavy atom. The third kappa shape index (κ3) is 2.42.